The Hall–Kier alpha value is -0.380. The van der Waals surface area contributed by atoms with Gasteiger partial charge >= 0.3 is 0 Å². The zero-order valence-electron chi connectivity index (χ0n) is 10.2. The van der Waals surface area contributed by atoms with Crippen LogP contribution in [-0.2, 0) is 6.54 Å². The SMILES string of the molecule is CNCCCCN(C)Cc1ccc(Br)cc1. The number of nitrogens with one attached hydrogen (secondary N) is 1. The van der Waals surface area contributed by atoms with E-state index in [1.807, 2.05) is 7.05 Å². The molecule has 90 valence electrons. The van der Waals surface area contributed by atoms with Gasteiger partial charge in [-0.05, 0) is 57.7 Å². The lowest BCUT2D eigenvalue weighted by atomic mass is 10.2. The van der Waals surface area contributed by atoms with E-state index in [4.69, 9.17) is 0 Å². The van der Waals surface area contributed by atoms with Crippen LogP contribution in [0.2, 0.25) is 0 Å². The highest BCUT2D eigenvalue weighted by molar-refractivity contribution is 9.10. The average molecular weight is 285 g/mol. The highest BCUT2D eigenvalue weighted by Gasteiger charge is 1.99. The van der Waals surface area contributed by atoms with Crippen molar-refractivity contribution in [1.29, 1.82) is 0 Å². The Morgan fingerprint density at radius 3 is 2.50 bits per heavy atom. The van der Waals surface area contributed by atoms with Crippen molar-refractivity contribution >= 4 is 15.9 Å². The number of benzene rings is 1. The quantitative estimate of drug-likeness (QED) is 0.775. The van der Waals surface area contributed by atoms with E-state index in [1.165, 1.54) is 18.4 Å². The van der Waals surface area contributed by atoms with E-state index >= 15 is 0 Å². The molecule has 0 unspecified atom stereocenters. The van der Waals surface area contributed by atoms with Gasteiger partial charge in [-0.25, -0.2) is 0 Å². The molecule has 0 amide bonds. The minimum Gasteiger partial charge on any atom is -0.320 e. The minimum absolute atomic E-state index is 1.03. The average Bonchev–Trinajstić information content (AvgIpc) is 2.28. The van der Waals surface area contributed by atoms with E-state index < -0.39 is 0 Å². The molecule has 0 saturated heterocycles. The van der Waals surface area contributed by atoms with Crippen LogP contribution in [0.5, 0.6) is 0 Å². The van der Waals surface area contributed by atoms with Crippen LogP contribution in [0, 0.1) is 0 Å². The smallest absolute Gasteiger partial charge is 0.0230 e. The molecule has 0 heterocycles. The molecule has 1 aromatic carbocycles. The maximum Gasteiger partial charge on any atom is 0.0230 e. The molecule has 0 aromatic heterocycles. The predicted molar refractivity (Wildman–Crippen MR) is 73.6 cm³/mol. The molecule has 2 nitrogen and oxygen atoms in total. The molecular weight excluding hydrogens is 264 g/mol. The van der Waals surface area contributed by atoms with Crippen LogP contribution < -0.4 is 5.32 Å². The number of unbranched alkanes of at least 4 members (excludes halogenated alkanes) is 1. The Labute approximate surface area is 107 Å². The van der Waals surface area contributed by atoms with E-state index in [-0.39, 0.29) is 0 Å². The van der Waals surface area contributed by atoms with Crippen molar-refractivity contribution in [3.8, 4) is 0 Å². The molecule has 0 aliphatic carbocycles. The van der Waals surface area contributed by atoms with Gasteiger partial charge in [-0.1, -0.05) is 28.1 Å². The second-order valence-corrected chi connectivity index (χ2v) is 5.09. The summed E-state index contributed by atoms with van der Waals surface area (Å²) >= 11 is 3.45. The predicted octanol–water partition coefficient (Wildman–Crippen LogP) is 2.88. The standard InChI is InChI=1S/C13H21BrN2/c1-15-9-3-4-10-16(2)11-12-5-7-13(14)8-6-12/h5-8,15H,3-4,9-11H2,1-2H3. The molecule has 0 bridgehead atoms. The van der Waals surface area contributed by atoms with Gasteiger partial charge in [0.1, 0.15) is 0 Å². The Bertz CT molecular complexity index is 284. The summed E-state index contributed by atoms with van der Waals surface area (Å²) in [5, 5.41) is 3.17. The van der Waals surface area contributed by atoms with Crippen molar-refractivity contribution in [3.63, 3.8) is 0 Å². The lowest BCUT2D eigenvalue weighted by Crippen LogP contribution is -2.20. The van der Waals surface area contributed by atoms with Crippen LogP contribution in [0.1, 0.15) is 18.4 Å². The second-order valence-electron chi connectivity index (χ2n) is 4.17. The molecule has 0 aliphatic rings. The van der Waals surface area contributed by atoms with Crippen LogP contribution in [0.25, 0.3) is 0 Å². The maximum absolute atomic E-state index is 3.45. The Morgan fingerprint density at radius 1 is 1.19 bits per heavy atom. The van der Waals surface area contributed by atoms with Crippen LogP contribution in [0.4, 0.5) is 0 Å². The Kier molecular flexibility index (Phi) is 6.69. The van der Waals surface area contributed by atoms with E-state index in [1.54, 1.807) is 0 Å². The van der Waals surface area contributed by atoms with Crippen molar-refractivity contribution in [1.82, 2.24) is 10.2 Å². The van der Waals surface area contributed by atoms with E-state index in [9.17, 15) is 0 Å². The third-order valence-corrected chi connectivity index (χ3v) is 3.11. The molecule has 0 aliphatic heterocycles. The topological polar surface area (TPSA) is 15.3 Å². The van der Waals surface area contributed by atoms with Gasteiger partial charge in [0.25, 0.3) is 0 Å². The largest absolute Gasteiger partial charge is 0.320 e. The van der Waals surface area contributed by atoms with Gasteiger partial charge < -0.3 is 10.2 Å². The van der Waals surface area contributed by atoms with Crippen LogP contribution in [-0.4, -0.2) is 32.1 Å². The molecule has 16 heavy (non-hydrogen) atoms. The summed E-state index contributed by atoms with van der Waals surface area (Å²) in [5.74, 6) is 0. The fourth-order valence-electron chi connectivity index (χ4n) is 1.66. The number of hydrogen-bond acceptors (Lipinski definition) is 2. The monoisotopic (exact) mass is 284 g/mol. The third kappa shape index (κ3) is 5.64. The highest BCUT2D eigenvalue weighted by atomic mass is 79.9. The van der Waals surface area contributed by atoms with Crippen molar-refractivity contribution in [3.05, 3.63) is 34.3 Å². The van der Waals surface area contributed by atoms with Gasteiger partial charge in [-0.15, -0.1) is 0 Å². The van der Waals surface area contributed by atoms with Gasteiger partial charge in [-0.2, -0.15) is 0 Å². The molecule has 0 spiro atoms. The summed E-state index contributed by atoms with van der Waals surface area (Å²) in [5.41, 5.74) is 1.37. The molecule has 1 rings (SSSR count). The minimum atomic E-state index is 1.03. The lowest BCUT2D eigenvalue weighted by molar-refractivity contribution is 0.318. The van der Waals surface area contributed by atoms with Crippen molar-refractivity contribution < 1.29 is 0 Å². The molecule has 0 atom stereocenters. The number of nitrogens with zero attached hydrogens (tertiary/aromatic N) is 1. The molecule has 1 N–H and O–H groups in total. The first-order chi connectivity index (χ1) is 7.72. The zero-order valence-corrected chi connectivity index (χ0v) is 11.8. The fraction of sp³-hybridized carbons (Fsp3) is 0.538. The van der Waals surface area contributed by atoms with Crippen molar-refractivity contribution in [2.75, 3.05) is 27.2 Å². The van der Waals surface area contributed by atoms with Crippen LogP contribution in [0.15, 0.2) is 28.7 Å². The molecule has 1 aromatic rings. The van der Waals surface area contributed by atoms with Gasteiger partial charge in [0.15, 0.2) is 0 Å². The second kappa shape index (κ2) is 7.82. The number of halogens is 1. The molecular formula is C13H21BrN2. The zero-order chi connectivity index (χ0) is 11.8. The molecule has 0 saturated carbocycles. The Morgan fingerprint density at radius 2 is 1.88 bits per heavy atom. The van der Waals surface area contributed by atoms with Crippen molar-refractivity contribution in [2.24, 2.45) is 0 Å². The fourth-order valence-corrected chi connectivity index (χ4v) is 1.93. The summed E-state index contributed by atoms with van der Waals surface area (Å²) in [6, 6.07) is 8.55. The number of rotatable bonds is 7. The summed E-state index contributed by atoms with van der Waals surface area (Å²) in [7, 11) is 4.19. The summed E-state index contributed by atoms with van der Waals surface area (Å²) in [6.45, 7) is 3.32. The van der Waals surface area contributed by atoms with Crippen LogP contribution in [0.3, 0.4) is 0 Å². The number of hydrogen-bond donors (Lipinski definition) is 1. The third-order valence-electron chi connectivity index (χ3n) is 2.58. The van der Waals surface area contributed by atoms with E-state index in [0.717, 1.165) is 24.1 Å². The summed E-state index contributed by atoms with van der Waals surface area (Å²) < 4.78 is 1.15. The Balaban J connectivity index is 2.23. The summed E-state index contributed by atoms with van der Waals surface area (Å²) in [6.07, 6.45) is 2.51. The van der Waals surface area contributed by atoms with Gasteiger partial charge in [0.2, 0.25) is 0 Å². The van der Waals surface area contributed by atoms with E-state index in [0.29, 0.717) is 0 Å². The maximum atomic E-state index is 3.45. The molecule has 3 heteroatoms. The molecule has 0 radical (unpaired) electrons. The van der Waals surface area contributed by atoms with E-state index in [2.05, 4.69) is 57.5 Å². The van der Waals surface area contributed by atoms with Gasteiger partial charge in [-0.3, -0.25) is 0 Å². The normalized spacial score (nSPS) is 11.0. The summed E-state index contributed by atoms with van der Waals surface area (Å²) in [4.78, 5) is 2.37. The van der Waals surface area contributed by atoms with Crippen molar-refractivity contribution in [2.45, 2.75) is 19.4 Å². The van der Waals surface area contributed by atoms with Crippen LogP contribution >= 0.6 is 15.9 Å². The first kappa shape index (κ1) is 13.7. The van der Waals surface area contributed by atoms with Gasteiger partial charge in [0, 0.05) is 11.0 Å². The highest BCUT2D eigenvalue weighted by Crippen LogP contribution is 2.11. The first-order valence-corrected chi connectivity index (χ1v) is 6.59. The van der Waals surface area contributed by atoms with Gasteiger partial charge in [0.05, 0.1) is 0 Å². The molecule has 0 fully saturated rings. The first-order valence-electron chi connectivity index (χ1n) is 5.80. The lowest BCUT2D eigenvalue weighted by Gasteiger charge is -2.16.